The average Bonchev–Trinajstić information content (AvgIpc) is 3.32. The normalized spacial score (nSPS) is 23.5. The number of rotatable bonds is 5. The third kappa shape index (κ3) is 6.96. The molecule has 2 aromatic carbocycles. The second kappa shape index (κ2) is 12.2. The average molecular weight is 631 g/mol. The van der Waals surface area contributed by atoms with E-state index >= 15 is 0 Å². The van der Waals surface area contributed by atoms with Crippen LogP contribution in [0.15, 0.2) is 36.4 Å². The monoisotopic (exact) mass is 630 g/mol. The number of fused-ring (bicyclic) bond motifs is 1. The minimum atomic E-state index is -5.01. The molecule has 0 aliphatic carbocycles. The lowest BCUT2D eigenvalue weighted by Crippen LogP contribution is -2.56. The van der Waals surface area contributed by atoms with Crippen LogP contribution in [-0.4, -0.2) is 77.1 Å². The highest BCUT2D eigenvalue weighted by atomic mass is 19.4. The summed E-state index contributed by atoms with van der Waals surface area (Å²) in [5.41, 5.74) is -1.93. The molecule has 1 unspecified atom stereocenters. The molecular formula is C30H33F7N4O3. The molecular weight excluding hydrogens is 597 g/mol. The highest BCUT2D eigenvalue weighted by molar-refractivity contribution is 5.79. The Morgan fingerprint density at radius 2 is 1.64 bits per heavy atom. The van der Waals surface area contributed by atoms with Crippen molar-refractivity contribution in [2.75, 3.05) is 33.2 Å². The summed E-state index contributed by atoms with van der Waals surface area (Å²) in [6.07, 6.45) is -8.52. The standard InChI is InChI=1S/C30H33F7N4O3/c1-18-11-22(31)3-5-25(18)26-15-23(39-9-10-40-24(17-39)4-6-27(40)42)7-8-41(26)44-28(43)38(2)16-19-12-20(29(32,33)34)14-21(13-19)30(35,36)37/h3,5,11-14,23-24,26H,4,6-10,15-17H2,1-2H3/t23-,24?,26+/m0/s1. The number of nitrogens with zero attached hydrogens (tertiary/aromatic N) is 4. The van der Waals surface area contributed by atoms with Crippen LogP contribution >= 0.6 is 0 Å². The zero-order chi connectivity index (χ0) is 32.0. The molecule has 3 aliphatic heterocycles. The number of piperidine rings is 1. The number of carbonyl (C=O) groups is 2. The van der Waals surface area contributed by atoms with Gasteiger partial charge in [0, 0.05) is 58.3 Å². The minimum absolute atomic E-state index is 0.0338. The summed E-state index contributed by atoms with van der Waals surface area (Å²) in [6, 6.07) is 5.25. The van der Waals surface area contributed by atoms with Gasteiger partial charge >= 0.3 is 18.4 Å². The maximum absolute atomic E-state index is 14.0. The van der Waals surface area contributed by atoms with Crippen molar-refractivity contribution in [1.29, 1.82) is 0 Å². The summed E-state index contributed by atoms with van der Waals surface area (Å²) in [6.45, 7) is 3.52. The van der Waals surface area contributed by atoms with Crippen LogP contribution in [0.4, 0.5) is 35.5 Å². The fraction of sp³-hybridized carbons (Fsp3) is 0.533. The van der Waals surface area contributed by atoms with Crippen LogP contribution in [0.2, 0.25) is 0 Å². The van der Waals surface area contributed by atoms with Crippen molar-refractivity contribution in [3.05, 3.63) is 70.0 Å². The molecule has 5 rings (SSSR count). The smallest absolute Gasteiger partial charge is 0.350 e. The molecule has 0 spiro atoms. The van der Waals surface area contributed by atoms with Crippen LogP contribution < -0.4 is 0 Å². The van der Waals surface area contributed by atoms with E-state index < -0.39 is 48.0 Å². The lowest BCUT2D eigenvalue weighted by atomic mass is 9.89. The Bertz CT molecular complexity index is 1370. The van der Waals surface area contributed by atoms with Crippen molar-refractivity contribution < 1.29 is 45.2 Å². The van der Waals surface area contributed by atoms with E-state index in [0.29, 0.717) is 50.0 Å². The first-order valence-electron chi connectivity index (χ1n) is 14.4. The predicted molar refractivity (Wildman–Crippen MR) is 144 cm³/mol. The molecule has 3 fully saturated rings. The van der Waals surface area contributed by atoms with Crippen molar-refractivity contribution in [3.8, 4) is 0 Å². The number of alkyl halides is 6. The summed E-state index contributed by atoms with van der Waals surface area (Å²) in [7, 11) is 1.23. The van der Waals surface area contributed by atoms with E-state index in [0.717, 1.165) is 23.4 Å². The van der Waals surface area contributed by atoms with E-state index in [-0.39, 0.29) is 36.2 Å². The molecule has 3 aliphatic rings. The van der Waals surface area contributed by atoms with E-state index in [1.165, 1.54) is 24.2 Å². The first-order valence-corrected chi connectivity index (χ1v) is 14.4. The van der Waals surface area contributed by atoms with E-state index in [4.69, 9.17) is 4.84 Å². The van der Waals surface area contributed by atoms with Gasteiger partial charge in [0.15, 0.2) is 0 Å². The molecule has 3 saturated heterocycles. The molecule has 0 radical (unpaired) electrons. The number of hydroxylamine groups is 2. The summed E-state index contributed by atoms with van der Waals surface area (Å²) in [5.74, 6) is -0.261. The van der Waals surface area contributed by atoms with Gasteiger partial charge in [0.1, 0.15) is 5.82 Å². The van der Waals surface area contributed by atoms with Crippen LogP contribution in [0.5, 0.6) is 0 Å². The molecule has 0 bridgehead atoms. The van der Waals surface area contributed by atoms with Gasteiger partial charge in [0.25, 0.3) is 0 Å². The van der Waals surface area contributed by atoms with Crippen LogP contribution in [0, 0.1) is 12.7 Å². The molecule has 14 heteroatoms. The first-order chi connectivity index (χ1) is 20.6. The van der Waals surface area contributed by atoms with Gasteiger partial charge in [-0.15, -0.1) is 5.06 Å². The van der Waals surface area contributed by atoms with Crippen molar-refractivity contribution in [2.45, 2.75) is 69.6 Å². The van der Waals surface area contributed by atoms with Crippen LogP contribution in [-0.2, 0) is 28.5 Å². The zero-order valence-corrected chi connectivity index (χ0v) is 24.2. The van der Waals surface area contributed by atoms with Gasteiger partial charge in [-0.25, -0.2) is 9.18 Å². The zero-order valence-electron chi connectivity index (χ0n) is 24.2. The second-order valence-electron chi connectivity index (χ2n) is 11.7. The van der Waals surface area contributed by atoms with E-state index in [2.05, 4.69) is 4.90 Å². The molecule has 44 heavy (non-hydrogen) atoms. The topological polar surface area (TPSA) is 56.3 Å². The van der Waals surface area contributed by atoms with Gasteiger partial charge < -0.3 is 14.6 Å². The van der Waals surface area contributed by atoms with Crippen molar-refractivity contribution >= 4 is 12.0 Å². The fourth-order valence-corrected chi connectivity index (χ4v) is 6.50. The van der Waals surface area contributed by atoms with Crippen LogP contribution in [0.25, 0.3) is 0 Å². The molecule has 3 atom stereocenters. The number of hydrogen-bond acceptors (Lipinski definition) is 5. The van der Waals surface area contributed by atoms with Gasteiger partial charge in [0.2, 0.25) is 5.91 Å². The summed E-state index contributed by atoms with van der Waals surface area (Å²) in [5, 5.41) is 1.46. The number of halogens is 7. The van der Waals surface area contributed by atoms with Crippen molar-refractivity contribution in [3.63, 3.8) is 0 Å². The van der Waals surface area contributed by atoms with Gasteiger partial charge in [0.05, 0.1) is 17.2 Å². The van der Waals surface area contributed by atoms with Gasteiger partial charge in [-0.2, -0.15) is 26.3 Å². The number of hydrogen-bond donors (Lipinski definition) is 0. The van der Waals surface area contributed by atoms with Gasteiger partial charge in [-0.1, -0.05) is 6.07 Å². The Balaban J connectivity index is 1.32. The maximum atomic E-state index is 14.0. The largest absolute Gasteiger partial charge is 0.428 e. The number of carbonyl (C=O) groups excluding carboxylic acids is 2. The Morgan fingerprint density at radius 3 is 2.27 bits per heavy atom. The number of benzene rings is 2. The summed E-state index contributed by atoms with van der Waals surface area (Å²) in [4.78, 5) is 36.2. The third-order valence-corrected chi connectivity index (χ3v) is 8.73. The lowest BCUT2D eigenvalue weighted by Gasteiger charge is -2.46. The molecule has 0 saturated carbocycles. The number of amides is 2. The lowest BCUT2D eigenvalue weighted by molar-refractivity contribution is -0.167. The van der Waals surface area contributed by atoms with Crippen molar-refractivity contribution in [2.24, 2.45) is 0 Å². The Hall–Kier alpha value is -3.39. The van der Waals surface area contributed by atoms with E-state index in [9.17, 15) is 40.3 Å². The highest BCUT2D eigenvalue weighted by Crippen LogP contribution is 2.38. The first kappa shape index (κ1) is 32.0. The highest BCUT2D eigenvalue weighted by Gasteiger charge is 2.42. The molecule has 240 valence electrons. The number of piperazine rings is 1. The Kier molecular flexibility index (Phi) is 8.87. The molecule has 3 heterocycles. The van der Waals surface area contributed by atoms with Crippen LogP contribution in [0.3, 0.4) is 0 Å². The fourth-order valence-electron chi connectivity index (χ4n) is 6.50. The van der Waals surface area contributed by atoms with E-state index in [1.54, 1.807) is 13.0 Å². The predicted octanol–water partition coefficient (Wildman–Crippen LogP) is 6.17. The molecule has 2 aromatic rings. The summed E-state index contributed by atoms with van der Waals surface area (Å²) < 4.78 is 93.9. The maximum Gasteiger partial charge on any atom is 0.428 e. The molecule has 0 aromatic heterocycles. The molecule has 0 N–H and O–H groups in total. The summed E-state index contributed by atoms with van der Waals surface area (Å²) >= 11 is 0. The van der Waals surface area contributed by atoms with Gasteiger partial charge in [-0.3, -0.25) is 9.69 Å². The molecule has 7 nitrogen and oxygen atoms in total. The van der Waals surface area contributed by atoms with Gasteiger partial charge in [-0.05, 0) is 73.2 Å². The van der Waals surface area contributed by atoms with Crippen molar-refractivity contribution in [1.82, 2.24) is 19.8 Å². The van der Waals surface area contributed by atoms with Crippen LogP contribution in [0.1, 0.15) is 59.5 Å². The quantitative estimate of drug-likeness (QED) is 0.370. The third-order valence-electron chi connectivity index (χ3n) is 8.73. The van der Waals surface area contributed by atoms with E-state index in [1.807, 2.05) is 4.90 Å². The minimum Gasteiger partial charge on any atom is -0.350 e. The number of aryl methyl sites for hydroxylation is 1. The Morgan fingerprint density at radius 1 is 0.955 bits per heavy atom. The SMILES string of the molecule is Cc1cc(F)ccc1[C@H]1C[C@@H](N2CCN3C(=O)CCC3C2)CCN1OC(=O)N(C)Cc1cc(C(F)(F)F)cc(C(F)(F)F)c1. The Labute approximate surface area is 250 Å². The second-order valence-corrected chi connectivity index (χ2v) is 11.7. The molecule has 2 amide bonds.